The van der Waals surface area contributed by atoms with Crippen LogP contribution in [-0.2, 0) is 0 Å². The SMILES string of the molecule is Cc1cc(C(=O)NNC(=O)c2ccc(F)c(F)c2)c(C)o1. The van der Waals surface area contributed by atoms with E-state index in [2.05, 4.69) is 10.9 Å². The Bertz CT molecular complexity index is 710. The highest BCUT2D eigenvalue weighted by atomic mass is 19.2. The number of nitrogens with one attached hydrogen (secondary N) is 2. The van der Waals surface area contributed by atoms with E-state index in [1.807, 2.05) is 0 Å². The molecule has 0 atom stereocenters. The van der Waals surface area contributed by atoms with Crippen LogP contribution in [0.15, 0.2) is 28.7 Å². The molecule has 1 aromatic heterocycles. The zero-order chi connectivity index (χ0) is 15.6. The van der Waals surface area contributed by atoms with Crippen LogP contribution in [0.5, 0.6) is 0 Å². The normalized spacial score (nSPS) is 10.3. The summed E-state index contributed by atoms with van der Waals surface area (Å²) in [5.41, 5.74) is 4.44. The molecule has 110 valence electrons. The summed E-state index contributed by atoms with van der Waals surface area (Å²) in [4.78, 5) is 23.5. The Morgan fingerprint density at radius 3 is 2.24 bits per heavy atom. The molecular weight excluding hydrogens is 282 g/mol. The van der Waals surface area contributed by atoms with E-state index in [0.717, 1.165) is 18.2 Å². The lowest BCUT2D eigenvalue weighted by atomic mass is 10.2. The summed E-state index contributed by atoms with van der Waals surface area (Å²) in [6.45, 7) is 3.29. The Labute approximate surface area is 118 Å². The molecule has 0 saturated carbocycles. The van der Waals surface area contributed by atoms with Crippen LogP contribution < -0.4 is 10.9 Å². The molecule has 7 heteroatoms. The summed E-state index contributed by atoms with van der Waals surface area (Å²) in [5.74, 6) is -2.56. The number of hydrogen-bond donors (Lipinski definition) is 2. The van der Waals surface area contributed by atoms with Crippen molar-refractivity contribution in [2.75, 3.05) is 0 Å². The minimum absolute atomic E-state index is 0.116. The van der Waals surface area contributed by atoms with Crippen LogP contribution in [0.25, 0.3) is 0 Å². The van der Waals surface area contributed by atoms with Gasteiger partial charge < -0.3 is 4.42 Å². The van der Waals surface area contributed by atoms with Crippen LogP contribution in [0, 0.1) is 25.5 Å². The summed E-state index contributed by atoms with van der Waals surface area (Å²) in [5, 5.41) is 0. The van der Waals surface area contributed by atoms with E-state index < -0.39 is 23.4 Å². The maximum absolute atomic E-state index is 13.0. The summed E-state index contributed by atoms with van der Waals surface area (Å²) in [6, 6.07) is 4.20. The smallest absolute Gasteiger partial charge is 0.273 e. The lowest BCUT2D eigenvalue weighted by Gasteiger charge is -2.07. The molecule has 2 amide bonds. The van der Waals surface area contributed by atoms with Crippen molar-refractivity contribution in [2.45, 2.75) is 13.8 Å². The van der Waals surface area contributed by atoms with Crippen molar-refractivity contribution in [3.63, 3.8) is 0 Å². The predicted octanol–water partition coefficient (Wildman–Crippen LogP) is 2.25. The maximum atomic E-state index is 13.0. The van der Waals surface area contributed by atoms with Crippen molar-refractivity contribution in [3.8, 4) is 0 Å². The van der Waals surface area contributed by atoms with E-state index in [9.17, 15) is 18.4 Å². The van der Waals surface area contributed by atoms with E-state index in [1.165, 1.54) is 6.07 Å². The second-order valence-electron chi connectivity index (χ2n) is 4.36. The van der Waals surface area contributed by atoms with E-state index in [0.29, 0.717) is 11.5 Å². The number of benzene rings is 1. The minimum Gasteiger partial charge on any atom is -0.466 e. The number of aryl methyl sites for hydroxylation is 2. The van der Waals surface area contributed by atoms with Crippen molar-refractivity contribution in [1.29, 1.82) is 0 Å². The molecule has 0 aliphatic rings. The number of furan rings is 1. The first kappa shape index (κ1) is 14.7. The molecule has 0 aliphatic carbocycles. The van der Waals surface area contributed by atoms with Crippen molar-refractivity contribution < 1.29 is 22.8 Å². The first-order valence-corrected chi connectivity index (χ1v) is 6.01. The number of hydrogen-bond acceptors (Lipinski definition) is 3. The molecule has 0 fully saturated rings. The zero-order valence-corrected chi connectivity index (χ0v) is 11.3. The Hall–Kier alpha value is -2.70. The lowest BCUT2D eigenvalue weighted by molar-refractivity contribution is 0.0845. The van der Waals surface area contributed by atoms with Gasteiger partial charge in [0.15, 0.2) is 11.6 Å². The standard InChI is InChI=1S/C14H12F2N2O3/c1-7-5-10(8(2)21-7)14(20)18-17-13(19)9-3-4-11(15)12(16)6-9/h3-6H,1-2H3,(H,17,19)(H,18,20). The van der Waals surface area contributed by atoms with Gasteiger partial charge in [-0.3, -0.25) is 20.4 Å². The van der Waals surface area contributed by atoms with E-state index in [4.69, 9.17) is 4.42 Å². The highest BCUT2D eigenvalue weighted by Crippen LogP contribution is 2.13. The van der Waals surface area contributed by atoms with Crippen LogP contribution in [0.2, 0.25) is 0 Å². The number of halogens is 2. The maximum Gasteiger partial charge on any atom is 0.273 e. The molecule has 0 spiro atoms. The van der Waals surface area contributed by atoms with Crippen LogP contribution in [0.1, 0.15) is 32.2 Å². The monoisotopic (exact) mass is 294 g/mol. The molecule has 1 aromatic carbocycles. The highest BCUT2D eigenvalue weighted by molar-refractivity contribution is 5.99. The second kappa shape index (κ2) is 5.74. The van der Waals surface area contributed by atoms with Crippen LogP contribution in [0.3, 0.4) is 0 Å². The summed E-state index contributed by atoms with van der Waals surface area (Å²) < 4.78 is 31.0. The highest BCUT2D eigenvalue weighted by Gasteiger charge is 2.15. The first-order chi connectivity index (χ1) is 9.88. The van der Waals surface area contributed by atoms with Gasteiger partial charge in [-0.1, -0.05) is 0 Å². The van der Waals surface area contributed by atoms with Crippen molar-refractivity contribution in [1.82, 2.24) is 10.9 Å². The molecule has 0 radical (unpaired) electrons. The topological polar surface area (TPSA) is 71.3 Å². The number of carbonyl (C=O) groups is 2. The fourth-order valence-electron chi connectivity index (χ4n) is 1.75. The van der Waals surface area contributed by atoms with Gasteiger partial charge in [0, 0.05) is 5.56 Å². The number of amides is 2. The third kappa shape index (κ3) is 3.25. The molecule has 1 heterocycles. The predicted molar refractivity (Wildman–Crippen MR) is 69.5 cm³/mol. The molecule has 0 unspecified atom stereocenters. The minimum atomic E-state index is -1.14. The van der Waals surface area contributed by atoms with Crippen molar-refractivity contribution >= 4 is 11.8 Å². The first-order valence-electron chi connectivity index (χ1n) is 6.01. The summed E-state index contributed by atoms with van der Waals surface area (Å²) >= 11 is 0. The van der Waals surface area contributed by atoms with Crippen LogP contribution in [0.4, 0.5) is 8.78 Å². The van der Waals surface area contributed by atoms with E-state index in [1.54, 1.807) is 13.8 Å². The third-order valence-corrected chi connectivity index (χ3v) is 2.76. The molecule has 2 rings (SSSR count). The quantitative estimate of drug-likeness (QED) is 0.834. The van der Waals surface area contributed by atoms with Crippen molar-refractivity contribution in [2.24, 2.45) is 0 Å². The molecular formula is C14H12F2N2O3. The molecule has 0 aliphatic heterocycles. The van der Waals surface area contributed by atoms with Gasteiger partial charge in [-0.05, 0) is 38.1 Å². The van der Waals surface area contributed by atoms with Gasteiger partial charge in [-0.2, -0.15) is 0 Å². The van der Waals surface area contributed by atoms with Gasteiger partial charge in [0.25, 0.3) is 11.8 Å². The molecule has 0 bridgehead atoms. The average Bonchev–Trinajstić information content (AvgIpc) is 2.77. The zero-order valence-electron chi connectivity index (χ0n) is 11.3. The molecule has 2 N–H and O–H groups in total. The lowest BCUT2D eigenvalue weighted by Crippen LogP contribution is -2.41. The van der Waals surface area contributed by atoms with Gasteiger partial charge in [0.1, 0.15) is 11.5 Å². The molecule has 21 heavy (non-hydrogen) atoms. The van der Waals surface area contributed by atoms with Crippen LogP contribution >= 0.6 is 0 Å². The number of rotatable bonds is 2. The Morgan fingerprint density at radius 2 is 1.67 bits per heavy atom. The second-order valence-corrected chi connectivity index (χ2v) is 4.36. The number of hydrazine groups is 1. The Kier molecular flexibility index (Phi) is 4.02. The summed E-state index contributed by atoms with van der Waals surface area (Å²) in [6.07, 6.45) is 0. The fourth-order valence-corrected chi connectivity index (χ4v) is 1.75. The fraction of sp³-hybridized carbons (Fsp3) is 0.143. The van der Waals surface area contributed by atoms with Gasteiger partial charge >= 0.3 is 0 Å². The average molecular weight is 294 g/mol. The Balaban J connectivity index is 2.02. The molecule has 0 saturated heterocycles. The van der Waals surface area contributed by atoms with Crippen molar-refractivity contribution in [3.05, 3.63) is 58.5 Å². The largest absolute Gasteiger partial charge is 0.466 e. The van der Waals surface area contributed by atoms with E-state index >= 15 is 0 Å². The van der Waals surface area contributed by atoms with Gasteiger partial charge in [-0.25, -0.2) is 8.78 Å². The van der Waals surface area contributed by atoms with Crippen LogP contribution in [-0.4, -0.2) is 11.8 Å². The Morgan fingerprint density at radius 1 is 1.00 bits per heavy atom. The molecule has 2 aromatic rings. The van der Waals surface area contributed by atoms with Gasteiger partial charge in [-0.15, -0.1) is 0 Å². The molecule has 5 nitrogen and oxygen atoms in total. The summed E-state index contributed by atoms with van der Waals surface area (Å²) in [7, 11) is 0. The van der Waals surface area contributed by atoms with Gasteiger partial charge in [0.2, 0.25) is 0 Å². The number of carbonyl (C=O) groups excluding carboxylic acids is 2. The van der Waals surface area contributed by atoms with E-state index in [-0.39, 0.29) is 11.1 Å². The third-order valence-electron chi connectivity index (χ3n) is 2.76. The van der Waals surface area contributed by atoms with Gasteiger partial charge in [0.05, 0.1) is 5.56 Å².